The highest BCUT2D eigenvalue weighted by atomic mass is 32.1. The molecule has 0 saturated carbocycles. The van der Waals surface area contributed by atoms with Crippen LogP contribution in [0.25, 0.3) is 0 Å². The fourth-order valence-electron chi connectivity index (χ4n) is 1.24. The van der Waals surface area contributed by atoms with E-state index in [4.69, 9.17) is 5.73 Å². The summed E-state index contributed by atoms with van der Waals surface area (Å²) in [6.45, 7) is 3.64. The first kappa shape index (κ1) is 13.7. The molecule has 0 aliphatic heterocycles. The Hall–Kier alpha value is -1.40. The quantitative estimate of drug-likeness (QED) is 0.800. The number of nitrogens with two attached hydrogens (primary N) is 1. The van der Waals surface area contributed by atoms with E-state index in [9.17, 15) is 9.59 Å². The third-order valence-corrected chi connectivity index (χ3v) is 3.45. The number of thiophene rings is 1. The van der Waals surface area contributed by atoms with Gasteiger partial charge in [0.15, 0.2) is 0 Å². The Balaban J connectivity index is 2.94. The summed E-state index contributed by atoms with van der Waals surface area (Å²) in [5, 5.41) is 4.46. The Labute approximate surface area is 104 Å². The molecule has 0 aliphatic rings. The van der Waals surface area contributed by atoms with Crippen molar-refractivity contribution in [3.63, 3.8) is 0 Å². The summed E-state index contributed by atoms with van der Waals surface area (Å²) >= 11 is 1.24. The number of ether oxygens (including phenoxy) is 1. The lowest BCUT2D eigenvalue weighted by Gasteiger charge is -2.11. The van der Waals surface area contributed by atoms with Gasteiger partial charge in [-0.05, 0) is 24.3 Å². The molecule has 0 spiro atoms. The first-order valence-corrected chi connectivity index (χ1v) is 6.12. The summed E-state index contributed by atoms with van der Waals surface area (Å²) in [5.41, 5.74) is 6.94. The van der Waals surface area contributed by atoms with Crippen LogP contribution >= 0.6 is 11.3 Å². The number of aryl methyl sites for hydroxylation is 1. The van der Waals surface area contributed by atoms with E-state index in [1.54, 1.807) is 5.38 Å². The molecule has 1 amide bonds. The minimum atomic E-state index is -0.570. The average molecular weight is 256 g/mol. The van der Waals surface area contributed by atoms with Crippen molar-refractivity contribution in [2.45, 2.75) is 26.3 Å². The highest BCUT2D eigenvalue weighted by molar-refractivity contribution is 7.12. The van der Waals surface area contributed by atoms with Crippen molar-refractivity contribution in [3.8, 4) is 0 Å². The number of anilines is 1. The van der Waals surface area contributed by atoms with Gasteiger partial charge in [-0.2, -0.15) is 0 Å². The normalized spacial score (nSPS) is 12.0. The van der Waals surface area contributed by atoms with Gasteiger partial charge in [0, 0.05) is 0 Å². The van der Waals surface area contributed by atoms with Crippen LogP contribution in [0.5, 0.6) is 0 Å². The molecule has 0 bridgehead atoms. The second kappa shape index (κ2) is 5.79. The molecule has 1 aromatic heterocycles. The summed E-state index contributed by atoms with van der Waals surface area (Å²) in [6.07, 6.45) is 0.544. The van der Waals surface area contributed by atoms with E-state index >= 15 is 0 Å². The van der Waals surface area contributed by atoms with Crippen LogP contribution in [0.1, 0.15) is 28.6 Å². The summed E-state index contributed by atoms with van der Waals surface area (Å²) in [6, 6.07) is -0.570. The Kier molecular flexibility index (Phi) is 4.65. The van der Waals surface area contributed by atoms with Gasteiger partial charge in [-0.25, -0.2) is 4.79 Å². The Morgan fingerprint density at radius 2 is 2.24 bits per heavy atom. The van der Waals surface area contributed by atoms with Crippen molar-refractivity contribution in [1.29, 1.82) is 0 Å². The first-order valence-electron chi connectivity index (χ1n) is 5.24. The van der Waals surface area contributed by atoms with Gasteiger partial charge in [0.2, 0.25) is 5.91 Å². The van der Waals surface area contributed by atoms with E-state index in [0.717, 1.165) is 5.56 Å². The number of esters is 1. The van der Waals surface area contributed by atoms with Gasteiger partial charge in [0.05, 0.1) is 18.8 Å². The summed E-state index contributed by atoms with van der Waals surface area (Å²) in [7, 11) is 1.31. The summed E-state index contributed by atoms with van der Waals surface area (Å²) in [5.74, 6) is -0.748. The van der Waals surface area contributed by atoms with E-state index in [1.165, 1.54) is 18.4 Å². The van der Waals surface area contributed by atoms with Crippen LogP contribution in [0.15, 0.2) is 5.38 Å². The van der Waals surface area contributed by atoms with Crippen molar-refractivity contribution in [2.75, 3.05) is 12.4 Å². The maximum absolute atomic E-state index is 11.7. The van der Waals surface area contributed by atoms with Crippen molar-refractivity contribution < 1.29 is 14.3 Å². The van der Waals surface area contributed by atoms with Gasteiger partial charge in [0.1, 0.15) is 4.88 Å². The van der Waals surface area contributed by atoms with E-state index < -0.39 is 12.0 Å². The van der Waals surface area contributed by atoms with E-state index in [1.807, 2.05) is 13.8 Å². The molecule has 3 N–H and O–H groups in total. The van der Waals surface area contributed by atoms with Crippen LogP contribution in [0.3, 0.4) is 0 Å². The molecular formula is C11H16N2O3S. The molecule has 1 heterocycles. The zero-order chi connectivity index (χ0) is 13.0. The number of hydrogen-bond acceptors (Lipinski definition) is 5. The Morgan fingerprint density at radius 3 is 2.76 bits per heavy atom. The summed E-state index contributed by atoms with van der Waals surface area (Å²) < 4.78 is 4.65. The van der Waals surface area contributed by atoms with Gasteiger partial charge >= 0.3 is 5.97 Å². The molecule has 6 heteroatoms. The van der Waals surface area contributed by atoms with Crippen LogP contribution in [0.2, 0.25) is 0 Å². The van der Waals surface area contributed by atoms with Gasteiger partial charge in [-0.1, -0.05) is 6.92 Å². The fraction of sp³-hybridized carbons (Fsp3) is 0.455. The SMILES string of the molecule is CC[C@H](N)C(=O)Nc1c(C)csc1C(=O)OC. The van der Waals surface area contributed by atoms with Crippen molar-refractivity contribution in [2.24, 2.45) is 5.73 Å². The van der Waals surface area contributed by atoms with Crippen LogP contribution in [-0.2, 0) is 9.53 Å². The number of hydrogen-bond donors (Lipinski definition) is 2. The largest absolute Gasteiger partial charge is 0.465 e. The number of rotatable bonds is 4. The molecule has 0 saturated heterocycles. The lowest BCUT2D eigenvalue weighted by molar-refractivity contribution is -0.117. The predicted octanol–water partition coefficient (Wildman–Crippen LogP) is 1.52. The van der Waals surface area contributed by atoms with Crippen molar-refractivity contribution in [3.05, 3.63) is 15.8 Å². The maximum atomic E-state index is 11.7. The fourth-order valence-corrected chi connectivity index (χ4v) is 2.17. The van der Waals surface area contributed by atoms with Crippen LogP contribution in [0, 0.1) is 6.92 Å². The number of amides is 1. The van der Waals surface area contributed by atoms with E-state index in [-0.39, 0.29) is 5.91 Å². The second-order valence-electron chi connectivity index (χ2n) is 3.62. The molecule has 94 valence electrons. The highest BCUT2D eigenvalue weighted by Crippen LogP contribution is 2.28. The minimum Gasteiger partial charge on any atom is -0.465 e. The smallest absolute Gasteiger partial charge is 0.350 e. The van der Waals surface area contributed by atoms with Crippen molar-refractivity contribution >= 4 is 28.9 Å². The van der Waals surface area contributed by atoms with Gasteiger partial charge in [-0.3, -0.25) is 4.79 Å². The molecule has 0 unspecified atom stereocenters. The average Bonchev–Trinajstić information content (AvgIpc) is 2.69. The molecule has 5 nitrogen and oxygen atoms in total. The zero-order valence-electron chi connectivity index (χ0n) is 10.1. The zero-order valence-corrected chi connectivity index (χ0v) is 10.9. The molecule has 1 atom stereocenters. The summed E-state index contributed by atoms with van der Waals surface area (Å²) in [4.78, 5) is 23.5. The monoisotopic (exact) mass is 256 g/mol. The van der Waals surface area contributed by atoms with Crippen molar-refractivity contribution in [1.82, 2.24) is 0 Å². The van der Waals surface area contributed by atoms with Gasteiger partial charge < -0.3 is 15.8 Å². The number of carbonyl (C=O) groups excluding carboxylic acids is 2. The lowest BCUT2D eigenvalue weighted by atomic mass is 10.2. The standard InChI is InChI=1S/C11H16N2O3S/c1-4-7(12)10(14)13-8-6(2)5-17-9(8)11(15)16-3/h5,7H,4,12H2,1-3H3,(H,13,14)/t7-/m0/s1. The number of carbonyl (C=O) groups is 2. The highest BCUT2D eigenvalue weighted by Gasteiger charge is 2.20. The van der Waals surface area contributed by atoms with Crippen LogP contribution < -0.4 is 11.1 Å². The molecule has 17 heavy (non-hydrogen) atoms. The van der Waals surface area contributed by atoms with Gasteiger partial charge in [0.25, 0.3) is 0 Å². The van der Waals surface area contributed by atoms with E-state index in [0.29, 0.717) is 17.0 Å². The maximum Gasteiger partial charge on any atom is 0.350 e. The molecule has 1 aromatic rings. The third kappa shape index (κ3) is 3.04. The lowest BCUT2D eigenvalue weighted by Crippen LogP contribution is -2.35. The molecule has 0 fully saturated rings. The van der Waals surface area contributed by atoms with Gasteiger partial charge in [-0.15, -0.1) is 11.3 Å². The minimum absolute atomic E-state index is 0.292. The van der Waals surface area contributed by atoms with E-state index in [2.05, 4.69) is 10.1 Å². The predicted molar refractivity (Wildman–Crippen MR) is 67.3 cm³/mol. The van der Waals surface area contributed by atoms with Crippen LogP contribution in [0.4, 0.5) is 5.69 Å². The number of methoxy groups -OCH3 is 1. The topological polar surface area (TPSA) is 81.4 Å². The van der Waals surface area contributed by atoms with Crippen LogP contribution in [-0.4, -0.2) is 25.0 Å². The Morgan fingerprint density at radius 1 is 1.59 bits per heavy atom. The second-order valence-corrected chi connectivity index (χ2v) is 4.50. The molecule has 0 radical (unpaired) electrons. The first-order chi connectivity index (χ1) is 8.01. The molecule has 0 aromatic carbocycles. The third-order valence-electron chi connectivity index (χ3n) is 2.37. The molecular weight excluding hydrogens is 240 g/mol. The Bertz CT molecular complexity index is 428. The molecule has 1 rings (SSSR count). The number of nitrogens with one attached hydrogen (secondary N) is 1. The molecule has 0 aliphatic carbocycles.